The van der Waals surface area contributed by atoms with E-state index in [-0.39, 0.29) is 6.04 Å². The molecule has 1 fully saturated rings. The molecule has 1 heterocycles. The minimum atomic E-state index is -0.688. The van der Waals surface area contributed by atoms with E-state index in [9.17, 15) is 4.79 Å². The zero-order chi connectivity index (χ0) is 10.9. The summed E-state index contributed by atoms with van der Waals surface area (Å²) < 4.78 is 0. The molecule has 2 N–H and O–H groups in total. The third-order valence-corrected chi connectivity index (χ3v) is 3.11. The number of rotatable bonds is 1. The van der Waals surface area contributed by atoms with Gasteiger partial charge in [-0.25, -0.2) is 0 Å². The molecule has 0 amide bonds. The number of hydrogen-bond donors (Lipinski definition) is 2. The second-order valence-electron chi connectivity index (χ2n) is 4.46. The molecule has 0 spiro atoms. The molecule has 3 nitrogen and oxygen atoms in total. The molecule has 0 aromatic carbocycles. The van der Waals surface area contributed by atoms with Gasteiger partial charge in [0.25, 0.3) is 0 Å². The van der Waals surface area contributed by atoms with Gasteiger partial charge >= 0.3 is 5.97 Å². The van der Waals surface area contributed by atoms with Crippen molar-refractivity contribution in [3.63, 3.8) is 0 Å². The molecule has 1 atom stereocenters. The molecular weight excluding hydrogens is 190 g/mol. The highest BCUT2D eigenvalue weighted by molar-refractivity contribution is 5.73. The van der Waals surface area contributed by atoms with Crippen molar-refractivity contribution in [1.82, 2.24) is 5.32 Å². The minimum absolute atomic E-state index is 0.315. The standard InChI is InChI=1S/C12H23NO2/c14-12(15)11-9-7-5-3-1-2-4-6-8-10-13-11/h11,13H,1-10H2,(H,14,15). The quantitative estimate of drug-likeness (QED) is 0.703. The molecule has 1 unspecified atom stereocenters. The van der Waals surface area contributed by atoms with Gasteiger partial charge in [0, 0.05) is 0 Å². The fraction of sp³-hybridized carbons (Fsp3) is 0.917. The number of nitrogens with one attached hydrogen (secondary N) is 1. The molecule has 1 aliphatic heterocycles. The Morgan fingerprint density at radius 2 is 1.47 bits per heavy atom. The summed E-state index contributed by atoms with van der Waals surface area (Å²) in [6, 6.07) is -0.315. The van der Waals surface area contributed by atoms with Crippen LogP contribution in [0.25, 0.3) is 0 Å². The normalized spacial score (nSPS) is 26.3. The molecule has 88 valence electrons. The van der Waals surface area contributed by atoms with E-state index in [0.29, 0.717) is 0 Å². The van der Waals surface area contributed by atoms with E-state index in [0.717, 1.165) is 25.8 Å². The molecule has 0 saturated carbocycles. The second-order valence-corrected chi connectivity index (χ2v) is 4.46. The van der Waals surface area contributed by atoms with E-state index in [2.05, 4.69) is 5.32 Å². The average molecular weight is 213 g/mol. The fourth-order valence-electron chi connectivity index (χ4n) is 2.12. The van der Waals surface area contributed by atoms with Crippen LogP contribution in [0.3, 0.4) is 0 Å². The van der Waals surface area contributed by atoms with Crippen LogP contribution in [0.5, 0.6) is 0 Å². The lowest BCUT2D eigenvalue weighted by Crippen LogP contribution is -2.37. The summed E-state index contributed by atoms with van der Waals surface area (Å²) in [5.74, 6) is -0.688. The maximum absolute atomic E-state index is 10.9. The van der Waals surface area contributed by atoms with Crippen molar-refractivity contribution in [1.29, 1.82) is 0 Å². The van der Waals surface area contributed by atoms with Crippen LogP contribution in [-0.4, -0.2) is 23.7 Å². The van der Waals surface area contributed by atoms with Crippen LogP contribution in [0.15, 0.2) is 0 Å². The smallest absolute Gasteiger partial charge is 0.320 e. The first kappa shape index (κ1) is 12.5. The predicted molar refractivity (Wildman–Crippen MR) is 61.0 cm³/mol. The summed E-state index contributed by atoms with van der Waals surface area (Å²) in [6.45, 7) is 0.858. The highest BCUT2D eigenvalue weighted by Crippen LogP contribution is 2.12. The molecule has 3 heteroatoms. The van der Waals surface area contributed by atoms with Gasteiger partial charge in [-0.15, -0.1) is 0 Å². The summed E-state index contributed by atoms with van der Waals surface area (Å²) >= 11 is 0. The number of carboxylic acid groups (broad SMARTS) is 1. The van der Waals surface area contributed by atoms with Crippen molar-refractivity contribution < 1.29 is 9.90 Å². The molecule has 15 heavy (non-hydrogen) atoms. The van der Waals surface area contributed by atoms with Crippen LogP contribution >= 0.6 is 0 Å². The maximum Gasteiger partial charge on any atom is 0.320 e. The molecular formula is C12H23NO2. The maximum atomic E-state index is 10.9. The summed E-state index contributed by atoms with van der Waals surface area (Å²) in [7, 11) is 0. The lowest BCUT2D eigenvalue weighted by Gasteiger charge is -2.15. The summed E-state index contributed by atoms with van der Waals surface area (Å²) in [6.07, 6.45) is 10.6. The fourth-order valence-corrected chi connectivity index (χ4v) is 2.12. The summed E-state index contributed by atoms with van der Waals surface area (Å²) in [5.41, 5.74) is 0. The second kappa shape index (κ2) is 7.69. The van der Waals surface area contributed by atoms with Crippen molar-refractivity contribution >= 4 is 5.97 Å². The van der Waals surface area contributed by atoms with Crippen molar-refractivity contribution in [2.75, 3.05) is 6.54 Å². The van der Waals surface area contributed by atoms with Crippen molar-refractivity contribution in [3.05, 3.63) is 0 Å². The van der Waals surface area contributed by atoms with Crippen LogP contribution in [0.1, 0.15) is 57.8 Å². The van der Waals surface area contributed by atoms with E-state index in [4.69, 9.17) is 5.11 Å². The van der Waals surface area contributed by atoms with E-state index in [1.54, 1.807) is 0 Å². The third kappa shape index (κ3) is 5.78. The van der Waals surface area contributed by atoms with Crippen molar-refractivity contribution in [3.8, 4) is 0 Å². The molecule has 0 radical (unpaired) electrons. The summed E-state index contributed by atoms with van der Waals surface area (Å²) in [4.78, 5) is 10.9. The first-order valence-electron chi connectivity index (χ1n) is 6.27. The lowest BCUT2D eigenvalue weighted by molar-refractivity contribution is -0.139. The van der Waals surface area contributed by atoms with E-state index >= 15 is 0 Å². The van der Waals surface area contributed by atoms with Crippen LogP contribution in [-0.2, 0) is 4.79 Å². The van der Waals surface area contributed by atoms with E-state index in [1.165, 1.54) is 38.5 Å². The Morgan fingerprint density at radius 3 is 2.07 bits per heavy atom. The Kier molecular flexibility index (Phi) is 6.41. The zero-order valence-electron chi connectivity index (χ0n) is 9.50. The van der Waals surface area contributed by atoms with E-state index < -0.39 is 5.97 Å². The molecule has 1 rings (SSSR count). The largest absolute Gasteiger partial charge is 0.480 e. The first-order chi connectivity index (χ1) is 7.30. The molecule has 1 saturated heterocycles. The first-order valence-corrected chi connectivity index (χ1v) is 6.27. The van der Waals surface area contributed by atoms with Gasteiger partial charge in [0.05, 0.1) is 0 Å². The Hall–Kier alpha value is -0.570. The highest BCUT2D eigenvalue weighted by atomic mass is 16.4. The van der Waals surface area contributed by atoms with Crippen molar-refractivity contribution in [2.45, 2.75) is 63.8 Å². The highest BCUT2D eigenvalue weighted by Gasteiger charge is 2.15. The van der Waals surface area contributed by atoms with E-state index in [1.807, 2.05) is 0 Å². The van der Waals surface area contributed by atoms with Gasteiger partial charge in [-0.1, -0.05) is 44.9 Å². The number of carboxylic acids is 1. The molecule has 1 aliphatic rings. The summed E-state index contributed by atoms with van der Waals surface area (Å²) in [5, 5.41) is 12.1. The number of aliphatic carboxylic acids is 1. The van der Waals surface area contributed by atoms with Crippen LogP contribution in [0, 0.1) is 0 Å². The number of hydrogen-bond acceptors (Lipinski definition) is 2. The van der Waals surface area contributed by atoms with Gasteiger partial charge in [0.2, 0.25) is 0 Å². The third-order valence-electron chi connectivity index (χ3n) is 3.11. The van der Waals surface area contributed by atoms with Crippen molar-refractivity contribution in [2.24, 2.45) is 0 Å². The predicted octanol–water partition coefficient (Wildman–Crippen LogP) is 2.55. The van der Waals surface area contributed by atoms with Gasteiger partial charge < -0.3 is 10.4 Å². The van der Waals surface area contributed by atoms with Crippen LogP contribution in [0.4, 0.5) is 0 Å². The van der Waals surface area contributed by atoms with Gasteiger partial charge in [0.15, 0.2) is 0 Å². The minimum Gasteiger partial charge on any atom is -0.480 e. The van der Waals surface area contributed by atoms with Gasteiger partial charge in [-0.05, 0) is 19.4 Å². The average Bonchev–Trinajstić information content (AvgIpc) is 2.18. The topological polar surface area (TPSA) is 49.3 Å². The Bertz CT molecular complexity index is 170. The zero-order valence-corrected chi connectivity index (χ0v) is 9.50. The van der Waals surface area contributed by atoms with Crippen LogP contribution < -0.4 is 5.32 Å². The number of carbonyl (C=O) groups is 1. The van der Waals surface area contributed by atoms with Gasteiger partial charge in [-0.2, -0.15) is 0 Å². The Morgan fingerprint density at radius 1 is 0.933 bits per heavy atom. The molecule has 0 aromatic heterocycles. The lowest BCUT2D eigenvalue weighted by atomic mass is 10.0. The SMILES string of the molecule is O=C(O)C1CCCCCCCCCCN1. The molecule has 0 aliphatic carbocycles. The molecule has 0 aromatic rings. The Balaban J connectivity index is 2.28. The Labute approximate surface area is 92.3 Å². The monoisotopic (exact) mass is 213 g/mol. The van der Waals surface area contributed by atoms with Gasteiger partial charge in [-0.3, -0.25) is 4.79 Å². The van der Waals surface area contributed by atoms with Gasteiger partial charge in [0.1, 0.15) is 6.04 Å². The van der Waals surface area contributed by atoms with Crippen LogP contribution in [0.2, 0.25) is 0 Å². The molecule has 0 bridgehead atoms.